The summed E-state index contributed by atoms with van der Waals surface area (Å²) in [5.74, 6) is -0.0949. The number of carbonyl (C=O) groups is 1. The third kappa shape index (κ3) is 5.32. The Labute approximate surface area is 193 Å². The molecule has 172 valence electrons. The molecule has 8 nitrogen and oxygen atoms in total. The molecule has 33 heavy (non-hydrogen) atoms. The highest BCUT2D eigenvalue weighted by Crippen LogP contribution is 2.20. The standard InChI is InChI=1S/C24H27N5O3S/c25-23(26)21-10-6-7-18(15-21)17-29(24(30)28-13-4-1-5-14-28)27-33(31,32)22-12-11-19-8-2-3-9-20(19)16-22/h2-3,6-12,15-16,27H,1,4-5,13-14,17H2,(H3,25,26). The van der Waals surface area contributed by atoms with Gasteiger partial charge in [-0.2, -0.15) is 0 Å². The lowest BCUT2D eigenvalue weighted by Gasteiger charge is -2.33. The molecule has 0 bridgehead atoms. The molecular weight excluding hydrogens is 438 g/mol. The molecule has 0 atom stereocenters. The number of nitrogens with zero attached hydrogens (tertiary/aromatic N) is 2. The molecule has 1 saturated heterocycles. The van der Waals surface area contributed by atoms with Crippen LogP contribution < -0.4 is 10.6 Å². The van der Waals surface area contributed by atoms with E-state index in [0.29, 0.717) is 24.2 Å². The molecule has 3 aromatic carbocycles. The SMILES string of the molecule is N=C(N)c1cccc(CN(NS(=O)(=O)c2ccc3ccccc3c2)C(=O)N2CCCCC2)c1. The van der Waals surface area contributed by atoms with E-state index in [1.807, 2.05) is 24.3 Å². The number of rotatable bonds is 6. The number of hydrogen-bond donors (Lipinski definition) is 3. The number of nitrogens with one attached hydrogen (secondary N) is 2. The Balaban J connectivity index is 1.64. The number of urea groups is 1. The number of hydrogen-bond acceptors (Lipinski definition) is 4. The Hall–Kier alpha value is -3.43. The monoisotopic (exact) mass is 465 g/mol. The molecule has 0 saturated carbocycles. The number of nitrogen functional groups attached to an aromatic ring is 1. The zero-order valence-electron chi connectivity index (χ0n) is 18.2. The number of benzene rings is 3. The van der Waals surface area contributed by atoms with Crippen molar-refractivity contribution in [3.05, 3.63) is 77.9 Å². The van der Waals surface area contributed by atoms with Crippen LogP contribution in [0.4, 0.5) is 4.79 Å². The van der Waals surface area contributed by atoms with E-state index in [-0.39, 0.29) is 17.3 Å². The van der Waals surface area contributed by atoms with Gasteiger partial charge in [-0.1, -0.05) is 48.5 Å². The Morgan fingerprint density at radius 1 is 0.970 bits per heavy atom. The van der Waals surface area contributed by atoms with Gasteiger partial charge in [-0.15, -0.1) is 4.83 Å². The molecule has 3 aromatic rings. The molecule has 1 heterocycles. The van der Waals surface area contributed by atoms with Crippen LogP contribution >= 0.6 is 0 Å². The molecule has 1 fully saturated rings. The summed E-state index contributed by atoms with van der Waals surface area (Å²) in [7, 11) is -4.02. The molecule has 1 aliphatic heterocycles. The number of likely N-dealkylation sites (tertiary alicyclic amines) is 1. The van der Waals surface area contributed by atoms with E-state index in [1.165, 1.54) is 6.07 Å². The first-order valence-corrected chi connectivity index (χ1v) is 12.3. The van der Waals surface area contributed by atoms with Crippen LogP contribution in [0.25, 0.3) is 10.8 Å². The molecule has 2 amide bonds. The van der Waals surface area contributed by atoms with E-state index in [1.54, 1.807) is 41.3 Å². The maximum atomic E-state index is 13.3. The third-order valence-electron chi connectivity index (χ3n) is 5.70. The predicted molar refractivity (Wildman–Crippen MR) is 128 cm³/mol. The normalized spacial score (nSPS) is 14.2. The van der Waals surface area contributed by atoms with Crippen LogP contribution in [-0.2, 0) is 16.6 Å². The molecule has 0 unspecified atom stereocenters. The number of amides is 2. The average molecular weight is 466 g/mol. The molecule has 4 N–H and O–H groups in total. The first-order valence-electron chi connectivity index (χ1n) is 10.8. The summed E-state index contributed by atoms with van der Waals surface area (Å²) < 4.78 is 26.5. The fraction of sp³-hybridized carbons (Fsp3) is 0.250. The number of amidine groups is 1. The number of hydrazine groups is 1. The van der Waals surface area contributed by atoms with Gasteiger partial charge in [-0.25, -0.2) is 18.2 Å². The maximum Gasteiger partial charge on any atom is 0.335 e. The molecule has 9 heteroatoms. The fourth-order valence-electron chi connectivity index (χ4n) is 3.95. The topological polar surface area (TPSA) is 120 Å². The van der Waals surface area contributed by atoms with Gasteiger partial charge in [0.1, 0.15) is 5.84 Å². The first kappa shape index (κ1) is 22.8. The van der Waals surface area contributed by atoms with Crippen LogP contribution in [0.5, 0.6) is 0 Å². The maximum absolute atomic E-state index is 13.3. The van der Waals surface area contributed by atoms with E-state index >= 15 is 0 Å². The van der Waals surface area contributed by atoms with E-state index in [0.717, 1.165) is 35.0 Å². The Morgan fingerprint density at radius 2 is 1.70 bits per heavy atom. The van der Waals surface area contributed by atoms with Gasteiger partial charge < -0.3 is 10.6 Å². The van der Waals surface area contributed by atoms with Crippen molar-refractivity contribution >= 4 is 32.7 Å². The zero-order chi connectivity index (χ0) is 23.4. The van der Waals surface area contributed by atoms with E-state index in [4.69, 9.17) is 11.1 Å². The van der Waals surface area contributed by atoms with Crippen LogP contribution in [0.1, 0.15) is 30.4 Å². The average Bonchev–Trinajstić information content (AvgIpc) is 2.83. The zero-order valence-corrected chi connectivity index (χ0v) is 19.0. The third-order valence-corrected chi connectivity index (χ3v) is 7.03. The van der Waals surface area contributed by atoms with Crippen molar-refractivity contribution in [1.82, 2.24) is 14.7 Å². The van der Waals surface area contributed by atoms with Crippen molar-refractivity contribution in [3.63, 3.8) is 0 Å². The van der Waals surface area contributed by atoms with Crippen molar-refractivity contribution in [2.75, 3.05) is 13.1 Å². The minimum atomic E-state index is -4.02. The van der Waals surface area contributed by atoms with Gasteiger partial charge in [0, 0.05) is 18.7 Å². The smallest absolute Gasteiger partial charge is 0.335 e. The Bertz CT molecular complexity index is 1290. The Kier molecular flexibility index (Phi) is 6.62. The summed E-state index contributed by atoms with van der Waals surface area (Å²) in [5, 5.41) is 10.5. The molecule has 1 aliphatic rings. The fourth-order valence-corrected chi connectivity index (χ4v) is 5.01. The first-order chi connectivity index (χ1) is 15.8. The van der Waals surface area contributed by atoms with Gasteiger partial charge in [0.15, 0.2) is 0 Å². The van der Waals surface area contributed by atoms with E-state index in [9.17, 15) is 13.2 Å². The second kappa shape index (κ2) is 9.60. The van der Waals surface area contributed by atoms with Crippen molar-refractivity contribution in [3.8, 4) is 0 Å². The summed E-state index contributed by atoms with van der Waals surface area (Å²) in [6.07, 6.45) is 2.82. The van der Waals surface area contributed by atoms with Gasteiger partial charge in [-0.3, -0.25) is 5.41 Å². The minimum Gasteiger partial charge on any atom is -0.384 e. The summed E-state index contributed by atoms with van der Waals surface area (Å²) in [4.78, 5) is 17.5. The van der Waals surface area contributed by atoms with Crippen LogP contribution in [0.2, 0.25) is 0 Å². The van der Waals surface area contributed by atoms with Crippen LogP contribution in [0.15, 0.2) is 71.6 Å². The predicted octanol–water partition coefficient (Wildman–Crippen LogP) is 3.43. The number of piperidine rings is 1. The molecule has 0 aliphatic carbocycles. The summed E-state index contributed by atoms with van der Waals surface area (Å²) in [5.41, 5.74) is 6.77. The van der Waals surface area contributed by atoms with Gasteiger partial charge >= 0.3 is 6.03 Å². The van der Waals surface area contributed by atoms with Crippen molar-refractivity contribution in [2.45, 2.75) is 30.7 Å². The number of fused-ring (bicyclic) bond motifs is 1. The molecule has 0 spiro atoms. The van der Waals surface area contributed by atoms with Crippen molar-refractivity contribution in [1.29, 1.82) is 5.41 Å². The molecular formula is C24H27N5O3S. The van der Waals surface area contributed by atoms with Gasteiger partial charge in [-0.05, 0) is 53.8 Å². The summed E-state index contributed by atoms with van der Waals surface area (Å²) >= 11 is 0. The lowest BCUT2D eigenvalue weighted by atomic mass is 10.1. The van der Waals surface area contributed by atoms with Crippen LogP contribution in [-0.4, -0.2) is 43.3 Å². The van der Waals surface area contributed by atoms with Gasteiger partial charge in [0.25, 0.3) is 10.0 Å². The second-order valence-corrected chi connectivity index (χ2v) is 9.80. The lowest BCUT2D eigenvalue weighted by Crippen LogP contribution is -2.52. The summed E-state index contributed by atoms with van der Waals surface area (Å²) in [6, 6.07) is 18.9. The van der Waals surface area contributed by atoms with E-state index < -0.39 is 16.1 Å². The van der Waals surface area contributed by atoms with Gasteiger partial charge in [0.05, 0.1) is 11.4 Å². The number of nitrogens with two attached hydrogens (primary N) is 1. The quantitative estimate of drug-likeness (QED) is 0.293. The lowest BCUT2D eigenvalue weighted by molar-refractivity contribution is 0.132. The highest BCUT2D eigenvalue weighted by Gasteiger charge is 2.27. The Morgan fingerprint density at radius 3 is 2.42 bits per heavy atom. The number of sulfonamides is 1. The second-order valence-electron chi connectivity index (χ2n) is 8.13. The molecule has 4 rings (SSSR count). The van der Waals surface area contributed by atoms with Crippen LogP contribution in [0.3, 0.4) is 0 Å². The number of carbonyl (C=O) groups excluding carboxylic acids is 1. The largest absolute Gasteiger partial charge is 0.384 e. The minimum absolute atomic E-state index is 0.00324. The highest BCUT2D eigenvalue weighted by atomic mass is 32.2. The van der Waals surface area contributed by atoms with Gasteiger partial charge in [0.2, 0.25) is 0 Å². The van der Waals surface area contributed by atoms with Crippen LogP contribution in [0, 0.1) is 5.41 Å². The molecule has 0 aromatic heterocycles. The summed E-state index contributed by atoms with van der Waals surface area (Å²) in [6.45, 7) is 1.17. The van der Waals surface area contributed by atoms with Crippen molar-refractivity contribution < 1.29 is 13.2 Å². The highest BCUT2D eigenvalue weighted by molar-refractivity contribution is 7.89. The van der Waals surface area contributed by atoms with E-state index in [2.05, 4.69) is 4.83 Å². The van der Waals surface area contributed by atoms with Crippen molar-refractivity contribution in [2.24, 2.45) is 5.73 Å². The molecule has 0 radical (unpaired) electrons.